The number of aromatic nitrogens is 1. The summed E-state index contributed by atoms with van der Waals surface area (Å²) in [7, 11) is 0. The van der Waals surface area contributed by atoms with Crippen molar-refractivity contribution in [2.45, 2.75) is 32.7 Å². The highest BCUT2D eigenvalue weighted by Gasteiger charge is 2.17. The summed E-state index contributed by atoms with van der Waals surface area (Å²) >= 11 is 0. The molecule has 134 valence electrons. The summed E-state index contributed by atoms with van der Waals surface area (Å²) in [5.74, 6) is -0.133. The largest absolute Gasteiger partial charge is 0.390 e. The maximum Gasteiger partial charge on any atom is 0.239 e. The number of pyridine rings is 1. The van der Waals surface area contributed by atoms with Crippen LogP contribution in [0.5, 0.6) is 0 Å². The van der Waals surface area contributed by atoms with E-state index in [1.165, 1.54) is 0 Å². The molecule has 6 nitrogen and oxygen atoms in total. The van der Waals surface area contributed by atoms with Gasteiger partial charge >= 0.3 is 0 Å². The molecular weight excluding hydrogens is 318 g/mol. The highest BCUT2D eigenvalue weighted by atomic mass is 16.5. The van der Waals surface area contributed by atoms with Crippen molar-refractivity contribution in [2.75, 3.05) is 13.2 Å². The van der Waals surface area contributed by atoms with E-state index in [9.17, 15) is 4.79 Å². The minimum atomic E-state index is -0.422. The number of carbonyl (C=O) groups is 1. The number of nitrogens with zero attached hydrogens (tertiary/aromatic N) is 1. The number of likely N-dealkylation sites (N-methyl/N-ethyl adjacent to an activating group) is 1. The van der Waals surface area contributed by atoms with Gasteiger partial charge in [0.15, 0.2) is 0 Å². The van der Waals surface area contributed by atoms with Crippen LogP contribution < -0.4 is 10.6 Å². The molecule has 2 rings (SSSR count). The molecule has 0 spiro atoms. The van der Waals surface area contributed by atoms with Crippen LogP contribution in [0.1, 0.15) is 23.9 Å². The van der Waals surface area contributed by atoms with Gasteiger partial charge in [-0.3, -0.25) is 9.78 Å². The fourth-order valence-corrected chi connectivity index (χ4v) is 2.36. The first kappa shape index (κ1) is 19.1. The topological polar surface area (TPSA) is 83.5 Å². The Morgan fingerprint density at radius 3 is 2.64 bits per heavy atom. The van der Waals surface area contributed by atoms with Gasteiger partial charge in [-0.05, 0) is 24.2 Å². The molecule has 0 bridgehead atoms. The van der Waals surface area contributed by atoms with Crippen molar-refractivity contribution in [3.63, 3.8) is 0 Å². The Morgan fingerprint density at radius 2 is 1.92 bits per heavy atom. The second kappa shape index (κ2) is 10.6. The number of hydrogen-bond acceptors (Lipinski definition) is 5. The molecule has 1 heterocycles. The molecule has 6 heteroatoms. The van der Waals surface area contributed by atoms with Crippen LogP contribution in [0.15, 0.2) is 48.5 Å². The molecule has 1 aromatic carbocycles. The van der Waals surface area contributed by atoms with Gasteiger partial charge in [-0.15, -0.1) is 0 Å². The molecule has 0 saturated heterocycles. The standard InChI is InChI=1S/C19H25N3O3/c1-2-20-18(14-25-13-15-7-4-3-5-8-15)19(24)21-11-16-9-6-10-17(12-23)22-16/h3-10,18,20,23H,2,11-14H2,1H3,(H,21,24). The number of aliphatic hydroxyl groups excluding tert-OH is 1. The Morgan fingerprint density at radius 1 is 1.16 bits per heavy atom. The van der Waals surface area contributed by atoms with E-state index < -0.39 is 6.04 Å². The van der Waals surface area contributed by atoms with Crippen LogP contribution in [0.3, 0.4) is 0 Å². The van der Waals surface area contributed by atoms with Gasteiger partial charge in [0.05, 0.1) is 37.8 Å². The lowest BCUT2D eigenvalue weighted by Gasteiger charge is -2.18. The fraction of sp³-hybridized carbons (Fsp3) is 0.368. The summed E-state index contributed by atoms with van der Waals surface area (Å²) in [4.78, 5) is 16.6. The van der Waals surface area contributed by atoms with Crippen molar-refractivity contribution >= 4 is 5.91 Å². The van der Waals surface area contributed by atoms with E-state index in [4.69, 9.17) is 9.84 Å². The monoisotopic (exact) mass is 343 g/mol. The normalized spacial score (nSPS) is 11.9. The fourth-order valence-electron chi connectivity index (χ4n) is 2.36. The number of carbonyl (C=O) groups excluding carboxylic acids is 1. The van der Waals surface area contributed by atoms with Crippen LogP contribution in [0, 0.1) is 0 Å². The Balaban J connectivity index is 1.82. The highest BCUT2D eigenvalue weighted by molar-refractivity contribution is 5.81. The van der Waals surface area contributed by atoms with Crippen molar-refractivity contribution in [2.24, 2.45) is 0 Å². The quantitative estimate of drug-likeness (QED) is 0.607. The van der Waals surface area contributed by atoms with Crippen molar-refractivity contribution < 1.29 is 14.6 Å². The lowest BCUT2D eigenvalue weighted by Crippen LogP contribution is -2.46. The van der Waals surface area contributed by atoms with E-state index in [0.717, 1.165) is 5.56 Å². The lowest BCUT2D eigenvalue weighted by atomic mass is 10.2. The smallest absolute Gasteiger partial charge is 0.239 e. The number of ether oxygens (including phenoxy) is 1. The molecular formula is C19H25N3O3. The van der Waals surface area contributed by atoms with Gasteiger partial charge < -0.3 is 20.5 Å². The summed E-state index contributed by atoms with van der Waals surface area (Å²) in [6.45, 7) is 3.58. The molecule has 0 radical (unpaired) electrons. The molecule has 1 amide bonds. The molecule has 0 aliphatic heterocycles. The van der Waals surface area contributed by atoms with E-state index in [2.05, 4.69) is 15.6 Å². The Hall–Kier alpha value is -2.28. The van der Waals surface area contributed by atoms with Gasteiger partial charge in [-0.1, -0.05) is 43.3 Å². The summed E-state index contributed by atoms with van der Waals surface area (Å²) in [5, 5.41) is 15.1. The van der Waals surface area contributed by atoms with Gasteiger partial charge in [0.2, 0.25) is 5.91 Å². The van der Waals surface area contributed by atoms with E-state index in [1.807, 2.05) is 49.4 Å². The lowest BCUT2D eigenvalue weighted by molar-refractivity contribution is -0.125. The minimum Gasteiger partial charge on any atom is -0.390 e. The summed E-state index contributed by atoms with van der Waals surface area (Å²) < 4.78 is 5.67. The first-order valence-electron chi connectivity index (χ1n) is 8.41. The first-order valence-corrected chi connectivity index (χ1v) is 8.41. The van der Waals surface area contributed by atoms with Gasteiger partial charge in [0, 0.05) is 0 Å². The van der Waals surface area contributed by atoms with Crippen LogP contribution in [0.2, 0.25) is 0 Å². The van der Waals surface area contributed by atoms with Crippen molar-refractivity contribution in [1.82, 2.24) is 15.6 Å². The highest BCUT2D eigenvalue weighted by Crippen LogP contribution is 2.02. The zero-order chi connectivity index (χ0) is 17.9. The number of aliphatic hydroxyl groups is 1. The molecule has 2 aromatic rings. The molecule has 3 N–H and O–H groups in total. The molecule has 0 aliphatic carbocycles. The average Bonchev–Trinajstić information content (AvgIpc) is 2.66. The zero-order valence-corrected chi connectivity index (χ0v) is 14.4. The summed E-state index contributed by atoms with van der Waals surface area (Å²) in [5.41, 5.74) is 2.37. The molecule has 1 unspecified atom stereocenters. The van der Waals surface area contributed by atoms with Gasteiger partial charge in [0.1, 0.15) is 6.04 Å². The van der Waals surface area contributed by atoms with Gasteiger partial charge in [-0.2, -0.15) is 0 Å². The molecule has 0 aliphatic rings. The predicted molar refractivity (Wildman–Crippen MR) is 95.6 cm³/mol. The number of nitrogens with one attached hydrogen (secondary N) is 2. The third kappa shape index (κ3) is 6.62. The molecule has 0 saturated carbocycles. The molecule has 25 heavy (non-hydrogen) atoms. The van der Waals surface area contributed by atoms with Crippen LogP contribution in [-0.2, 0) is 29.3 Å². The Kier molecular flexibility index (Phi) is 8.04. The molecule has 0 fully saturated rings. The number of amides is 1. The second-order valence-corrected chi connectivity index (χ2v) is 5.61. The maximum atomic E-state index is 12.4. The Labute approximate surface area is 148 Å². The molecule has 1 atom stereocenters. The van der Waals surface area contributed by atoms with Gasteiger partial charge in [-0.25, -0.2) is 0 Å². The number of hydrogen-bond donors (Lipinski definition) is 3. The van der Waals surface area contributed by atoms with Crippen molar-refractivity contribution in [3.8, 4) is 0 Å². The van der Waals surface area contributed by atoms with E-state index in [1.54, 1.807) is 6.07 Å². The first-order chi connectivity index (χ1) is 12.2. The van der Waals surface area contributed by atoms with Crippen LogP contribution >= 0.6 is 0 Å². The number of rotatable bonds is 10. The van der Waals surface area contributed by atoms with Crippen LogP contribution in [0.4, 0.5) is 0 Å². The van der Waals surface area contributed by atoms with E-state index >= 15 is 0 Å². The van der Waals surface area contributed by atoms with Crippen LogP contribution in [0.25, 0.3) is 0 Å². The SMILES string of the molecule is CCNC(COCc1ccccc1)C(=O)NCc1cccc(CO)n1. The maximum absolute atomic E-state index is 12.4. The van der Waals surface area contributed by atoms with Gasteiger partial charge in [0.25, 0.3) is 0 Å². The predicted octanol–water partition coefficient (Wildman–Crippen LogP) is 1.38. The zero-order valence-electron chi connectivity index (χ0n) is 14.4. The molecule has 1 aromatic heterocycles. The van der Waals surface area contributed by atoms with E-state index in [0.29, 0.717) is 37.7 Å². The second-order valence-electron chi connectivity index (χ2n) is 5.61. The Bertz CT molecular complexity index is 649. The van der Waals surface area contributed by atoms with Crippen molar-refractivity contribution in [3.05, 3.63) is 65.5 Å². The minimum absolute atomic E-state index is 0.116. The average molecular weight is 343 g/mol. The van der Waals surface area contributed by atoms with Crippen molar-refractivity contribution in [1.29, 1.82) is 0 Å². The summed E-state index contributed by atoms with van der Waals surface area (Å²) in [6.07, 6.45) is 0. The third-order valence-corrected chi connectivity index (χ3v) is 3.63. The number of benzene rings is 1. The third-order valence-electron chi connectivity index (χ3n) is 3.63. The summed E-state index contributed by atoms with van der Waals surface area (Å²) in [6, 6.07) is 14.8. The van der Waals surface area contributed by atoms with E-state index in [-0.39, 0.29) is 12.5 Å². The van der Waals surface area contributed by atoms with Crippen LogP contribution in [-0.4, -0.2) is 35.2 Å².